The van der Waals surface area contributed by atoms with Gasteiger partial charge in [-0.3, -0.25) is 9.59 Å². The van der Waals surface area contributed by atoms with Crippen molar-refractivity contribution < 1.29 is 22.4 Å². The molecule has 9 nitrogen and oxygen atoms in total. The van der Waals surface area contributed by atoms with E-state index in [4.69, 9.17) is 4.42 Å². The first-order chi connectivity index (χ1) is 19.3. The lowest BCUT2D eigenvalue weighted by atomic mass is 10.1. The number of nitrogens with zero attached hydrogens (tertiary/aromatic N) is 2. The number of carbonyl (C=O) groups is 2. The van der Waals surface area contributed by atoms with Gasteiger partial charge in [0, 0.05) is 13.1 Å². The maximum absolute atomic E-state index is 13.5. The molecular formula is C30H30N4O5S. The topological polar surface area (TPSA) is 121 Å². The molecule has 4 aromatic rings. The molecule has 0 unspecified atom stereocenters. The lowest BCUT2D eigenvalue weighted by Crippen LogP contribution is -2.38. The predicted molar refractivity (Wildman–Crippen MR) is 152 cm³/mol. The molecule has 3 aromatic carbocycles. The quantitative estimate of drug-likeness (QED) is 0.165. The normalized spacial score (nSPS) is 11.6. The van der Waals surface area contributed by atoms with E-state index in [0.29, 0.717) is 18.7 Å². The van der Waals surface area contributed by atoms with Crippen LogP contribution in [0.3, 0.4) is 0 Å². The first-order valence-electron chi connectivity index (χ1n) is 12.7. The predicted octanol–water partition coefficient (Wildman–Crippen LogP) is 3.79. The van der Waals surface area contributed by atoms with Gasteiger partial charge >= 0.3 is 11.8 Å². The summed E-state index contributed by atoms with van der Waals surface area (Å²) in [5.74, 6) is -1.04. The van der Waals surface area contributed by atoms with Crippen LogP contribution in [0.25, 0.3) is 0 Å². The number of furan rings is 1. The van der Waals surface area contributed by atoms with E-state index in [1.807, 2.05) is 67.6 Å². The highest BCUT2D eigenvalue weighted by Crippen LogP contribution is 2.22. The van der Waals surface area contributed by atoms with Crippen molar-refractivity contribution in [3.8, 4) is 0 Å². The largest absolute Gasteiger partial charge is 0.459 e. The van der Waals surface area contributed by atoms with Crippen LogP contribution in [0.1, 0.15) is 28.2 Å². The van der Waals surface area contributed by atoms with Crippen LogP contribution in [0, 0.1) is 6.92 Å². The molecule has 0 bridgehead atoms. The first kappa shape index (κ1) is 28.5. The Hall–Kier alpha value is -4.54. The summed E-state index contributed by atoms with van der Waals surface area (Å²) in [5.41, 5.74) is 5.00. The van der Waals surface area contributed by atoms with Crippen molar-refractivity contribution in [3.05, 3.63) is 125 Å². The molecule has 206 valence electrons. The first-order valence-corrected chi connectivity index (χ1v) is 14.1. The fourth-order valence-electron chi connectivity index (χ4n) is 3.85. The number of sulfonamides is 1. The fraction of sp³-hybridized carbons (Fsp3) is 0.167. The van der Waals surface area contributed by atoms with E-state index in [0.717, 1.165) is 16.7 Å². The van der Waals surface area contributed by atoms with Crippen LogP contribution in [0.15, 0.2) is 111 Å². The van der Waals surface area contributed by atoms with Crippen LogP contribution in [-0.2, 0) is 39.1 Å². The molecule has 40 heavy (non-hydrogen) atoms. The number of benzene rings is 3. The highest BCUT2D eigenvalue weighted by Gasteiger charge is 2.26. The molecule has 1 heterocycles. The zero-order valence-corrected chi connectivity index (χ0v) is 22.8. The lowest BCUT2D eigenvalue weighted by molar-refractivity contribution is -0.139. The van der Waals surface area contributed by atoms with Gasteiger partial charge in [0.1, 0.15) is 11.5 Å². The van der Waals surface area contributed by atoms with E-state index >= 15 is 0 Å². The highest BCUT2D eigenvalue weighted by atomic mass is 32.2. The summed E-state index contributed by atoms with van der Waals surface area (Å²) in [7, 11) is -3.83. The Morgan fingerprint density at radius 3 is 2.15 bits per heavy atom. The molecule has 0 atom stereocenters. The molecule has 2 amide bonds. The average Bonchev–Trinajstić information content (AvgIpc) is 3.41. The number of carbonyl (C=O) groups excluding carboxylic acids is 2. The van der Waals surface area contributed by atoms with Crippen molar-refractivity contribution in [2.45, 2.75) is 31.3 Å². The second-order valence-electron chi connectivity index (χ2n) is 9.07. The molecule has 0 spiro atoms. The van der Waals surface area contributed by atoms with Crippen molar-refractivity contribution in [1.29, 1.82) is 0 Å². The minimum atomic E-state index is -3.83. The van der Waals surface area contributed by atoms with Gasteiger partial charge in [-0.15, -0.1) is 0 Å². The molecule has 0 saturated heterocycles. The number of hydrogen-bond donors (Lipinski definition) is 2. The summed E-state index contributed by atoms with van der Waals surface area (Å²) < 4.78 is 34.1. The Balaban J connectivity index is 1.36. The van der Waals surface area contributed by atoms with E-state index in [1.54, 1.807) is 36.4 Å². The Bertz CT molecular complexity index is 1550. The smallest absolute Gasteiger partial charge is 0.329 e. The third kappa shape index (κ3) is 7.98. The van der Waals surface area contributed by atoms with Gasteiger partial charge < -0.3 is 9.73 Å². The number of hydrazone groups is 1. The third-order valence-corrected chi connectivity index (χ3v) is 7.79. The zero-order chi connectivity index (χ0) is 28.4. The van der Waals surface area contributed by atoms with Gasteiger partial charge in [0.15, 0.2) is 0 Å². The molecular weight excluding hydrogens is 528 g/mol. The van der Waals surface area contributed by atoms with Crippen LogP contribution in [0.5, 0.6) is 0 Å². The van der Waals surface area contributed by atoms with Crippen molar-refractivity contribution in [2.24, 2.45) is 5.10 Å². The molecule has 10 heteroatoms. The second-order valence-corrected chi connectivity index (χ2v) is 11.0. The van der Waals surface area contributed by atoms with E-state index in [-0.39, 0.29) is 23.7 Å². The fourth-order valence-corrected chi connectivity index (χ4v) is 5.24. The van der Waals surface area contributed by atoms with Gasteiger partial charge in [0.2, 0.25) is 10.0 Å². The molecule has 0 aliphatic rings. The molecule has 2 N–H and O–H groups in total. The Morgan fingerprint density at radius 1 is 0.825 bits per heavy atom. The second kappa shape index (κ2) is 13.5. The van der Waals surface area contributed by atoms with Crippen molar-refractivity contribution >= 4 is 28.1 Å². The number of hydrogen-bond acceptors (Lipinski definition) is 6. The molecule has 0 saturated carbocycles. The van der Waals surface area contributed by atoms with E-state index in [9.17, 15) is 18.0 Å². The van der Waals surface area contributed by atoms with Crippen LogP contribution >= 0.6 is 0 Å². The SMILES string of the molecule is Cc1ccc(S(=O)(=O)N(Cc2ccccc2)Cc2ccc(/C=N/NC(=O)C(=O)NCCc3ccccc3)o2)cc1. The van der Waals surface area contributed by atoms with Gasteiger partial charge in [0.25, 0.3) is 0 Å². The highest BCUT2D eigenvalue weighted by molar-refractivity contribution is 7.89. The minimum Gasteiger partial charge on any atom is -0.459 e. The summed E-state index contributed by atoms with van der Waals surface area (Å²) in [6.07, 6.45) is 1.84. The van der Waals surface area contributed by atoms with Gasteiger partial charge in [-0.05, 0) is 48.7 Å². The van der Waals surface area contributed by atoms with Gasteiger partial charge in [-0.1, -0.05) is 78.4 Å². The van der Waals surface area contributed by atoms with Crippen LogP contribution in [0.4, 0.5) is 0 Å². The number of rotatable bonds is 11. The monoisotopic (exact) mass is 558 g/mol. The molecule has 0 radical (unpaired) electrons. The summed E-state index contributed by atoms with van der Waals surface area (Å²) >= 11 is 0. The summed E-state index contributed by atoms with van der Waals surface area (Å²) in [4.78, 5) is 24.2. The number of amides is 2. The summed E-state index contributed by atoms with van der Waals surface area (Å²) in [5, 5.41) is 6.33. The van der Waals surface area contributed by atoms with Crippen LogP contribution < -0.4 is 10.7 Å². The van der Waals surface area contributed by atoms with E-state index in [1.165, 1.54) is 10.5 Å². The molecule has 1 aromatic heterocycles. The van der Waals surface area contributed by atoms with Crippen LogP contribution in [0.2, 0.25) is 0 Å². The van der Waals surface area contributed by atoms with Gasteiger partial charge in [-0.2, -0.15) is 9.41 Å². The molecule has 0 aliphatic heterocycles. The summed E-state index contributed by atoms with van der Waals surface area (Å²) in [6.45, 7) is 2.34. The van der Waals surface area contributed by atoms with Crippen molar-refractivity contribution in [3.63, 3.8) is 0 Å². The zero-order valence-electron chi connectivity index (χ0n) is 22.0. The third-order valence-electron chi connectivity index (χ3n) is 5.98. The lowest BCUT2D eigenvalue weighted by Gasteiger charge is -2.21. The van der Waals surface area contributed by atoms with Crippen LogP contribution in [-0.4, -0.2) is 37.3 Å². The minimum absolute atomic E-state index is 0.0187. The standard InChI is InChI=1S/C30H30N4O5S/c1-23-12-16-28(17-13-23)40(37,38)34(21-25-10-6-3-7-11-25)22-27-15-14-26(39-27)20-32-33-30(36)29(35)31-19-18-24-8-4-2-5-9-24/h2-17,20H,18-19,21-22H2,1H3,(H,31,35)(H,33,36)/b32-20+. The maximum Gasteiger partial charge on any atom is 0.329 e. The molecule has 4 rings (SSSR count). The Kier molecular flexibility index (Phi) is 9.61. The number of nitrogens with one attached hydrogen (secondary N) is 2. The Labute approximate surface area is 233 Å². The van der Waals surface area contributed by atoms with Gasteiger partial charge in [-0.25, -0.2) is 13.8 Å². The number of aryl methyl sites for hydroxylation is 1. The van der Waals surface area contributed by atoms with Gasteiger partial charge in [0.05, 0.1) is 17.7 Å². The summed E-state index contributed by atoms with van der Waals surface area (Å²) in [6, 6.07) is 28.8. The van der Waals surface area contributed by atoms with E-state index < -0.39 is 21.8 Å². The molecule has 0 fully saturated rings. The molecule has 0 aliphatic carbocycles. The maximum atomic E-state index is 13.5. The van der Waals surface area contributed by atoms with Crippen molar-refractivity contribution in [2.75, 3.05) is 6.54 Å². The van der Waals surface area contributed by atoms with E-state index in [2.05, 4.69) is 15.8 Å². The van der Waals surface area contributed by atoms with Crippen molar-refractivity contribution in [1.82, 2.24) is 15.0 Å². The average molecular weight is 559 g/mol. The Morgan fingerprint density at radius 2 is 1.48 bits per heavy atom.